The normalized spacial score (nSPS) is 14.1. The van der Waals surface area contributed by atoms with Crippen LogP contribution in [0.2, 0.25) is 0 Å². The summed E-state index contributed by atoms with van der Waals surface area (Å²) in [6.07, 6.45) is 59.5. The van der Waals surface area contributed by atoms with Gasteiger partial charge >= 0.3 is 39.5 Å². The van der Waals surface area contributed by atoms with E-state index in [0.29, 0.717) is 25.7 Å². The Bertz CT molecular complexity index is 1900. The standard InChI is InChI=1S/C75H142O17P2/c1-6-9-12-15-17-19-21-23-28-33-36-40-44-49-54-59-73(78)86-65-71(92-75(80)61-56-51-46-42-38-34-30-27-25-24-26-29-32-35-39-43-48-52-57-68(4)5)67-90-94(83,84)88-63-69(76)62-87-93(81,82)89-66-70(64-85-72(77)58-53-47-14-11-8-3)91-74(79)60-55-50-45-41-37-31-22-20-18-16-13-10-7-2/h19,21,23,28,68-71,76H,6-18,20,22,24-27,29-67H2,1-5H3,(H,81,82)(H,83,84)/b21-19-,28-23-/t69-,70+,71+/m0/s1. The summed E-state index contributed by atoms with van der Waals surface area (Å²) < 4.78 is 68.2. The van der Waals surface area contributed by atoms with Gasteiger partial charge in [-0.25, -0.2) is 9.13 Å². The first kappa shape index (κ1) is 91.5. The smallest absolute Gasteiger partial charge is 0.462 e. The number of phosphoric ester groups is 2. The van der Waals surface area contributed by atoms with Gasteiger partial charge in [-0.2, -0.15) is 0 Å². The number of esters is 4. The fraction of sp³-hybridized carbons (Fsp3) is 0.893. The molecule has 2 unspecified atom stereocenters. The lowest BCUT2D eigenvalue weighted by atomic mass is 10.0. The molecule has 0 spiro atoms. The Morgan fingerprint density at radius 1 is 0.330 bits per heavy atom. The second-order valence-electron chi connectivity index (χ2n) is 26.8. The van der Waals surface area contributed by atoms with Gasteiger partial charge in [-0.15, -0.1) is 0 Å². The van der Waals surface area contributed by atoms with Crippen LogP contribution in [0.4, 0.5) is 0 Å². The predicted molar refractivity (Wildman–Crippen MR) is 381 cm³/mol. The maximum atomic E-state index is 13.1. The van der Waals surface area contributed by atoms with Gasteiger partial charge in [0.2, 0.25) is 0 Å². The zero-order chi connectivity index (χ0) is 69.1. The molecule has 94 heavy (non-hydrogen) atoms. The molecule has 0 aliphatic rings. The molecule has 3 N–H and O–H groups in total. The van der Waals surface area contributed by atoms with Gasteiger partial charge in [0.05, 0.1) is 26.4 Å². The average molecular weight is 1380 g/mol. The molecule has 5 atom stereocenters. The molecule has 0 aliphatic carbocycles. The largest absolute Gasteiger partial charge is 0.472 e. The minimum Gasteiger partial charge on any atom is -0.462 e. The number of phosphoric acid groups is 2. The van der Waals surface area contributed by atoms with E-state index >= 15 is 0 Å². The number of allylic oxidation sites excluding steroid dienone is 4. The molecule has 0 aromatic carbocycles. The first-order valence-corrected chi connectivity index (χ1v) is 41.4. The molecule has 0 fully saturated rings. The number of ether oxygens (including phenoxy) is 4. The lowest BCUT2D eigenvalue weighted by molar-refractivity contribution is -0.161. The summed E-state index contributed by atoms with van der Waals surface area (Å²) in [6, 6.07) is 0. The highest BCUT2D eigenvalue weighted by Crippen LogP contribution is 2.45. The molecule has 0 saturated heterocycles. The van der Waals surface area contributed by atoms with Crippen molar-refractivity contribution in [1.82, 2.24) is 0 Å². The maximum absolute atomic E-state index is 13.1. The molecule has 0 bridgehead atoms. The second kappa shape index (κ2) is 67.7. The molecule has 0 aliphatic heterocycles. The lowest BCUT2D eigenvalue weighted by Gasteiger charge is -2.21. The van der Waals surface area contributed by atoms with Gasteiger partial charge in [0, 0.05) is 25.7 Å². The van der Waals surface area contributed by atoms with Gasteiger partial charge in [0.25, 0.3) is 0 Å². The first-order valence-electron chi connectivity index (χ1n) is 38.5. The van der Waals surface area contributed by atoms with Gasteiger partial charge < -0.3 is 33.8 Å². The summed E-state index contributed by atoms with van der Waals surface area (Å²) in [6.45, 7) is 7.16. The molecule has 17 nitrogen and oxygen atoms in total. The maximum Gasteiger partial charge on any atom is 0.472 e. The average Bonchev–Trinajstić information content (AvgIpc) is 1.74. The topological polar surface area (TPSA) is 237 Å². The minimum absolute atomic E-state index is 0.102. The number of carbonyl (C=O) groups excluding carboxylic acids is 4. The van der Waals surface area contributed by atoms with Crippen LogP contribution < -0.4 is 0 Å². The van der Waals surface area contributed by atoms with E-state index in [4.69, 9.17) is 37.0 Å². The van der Waals surface area contributed by atoms with Crippen LogP contribution in [0.25, 0.3) is 0 Å². The van der Waals surface area contributed by atoms with Gasteiger partial charge in [-0.05, 0) is 57.3 Å². The monoisotopic (exact) mass is 1380 g/mol. The molecule has 0 amide bonds. The summed E-state index contributed by atoms with van der Waals surface area (Å²) in [5, 5.41) is 10.6. The Balaban J connectivity index is 5.16. The predicted octanol–water partition coefficient (Wildman–Crippen LogP) is 21.6. The van der Waals surface area contributed by atoms with E-state index in [-0.39, 0.29) is 25.7 Å². The van der Waals surface area contributed by atoms with Crippen molar-refractivity contribution in [1.29, 1.82) is 0 Å². The summed E-state index contributed by atoms with van der Waals surface area (Å²) in [4.78, 5) is 72.4. The van der Waals surface area contributed by atoms with E-state index in [2.05, 4.69) is 58.9 Å². The molecular weight excluding hydrogens is 1230 g/mol. The fourth-order valence-corrected chi connectivity index (χ4v) is 12.6. The van der Waals surface area contributed by atoms with E-state index in [9.17, 15) is 43.2 Å². The van der Waals surface area contributed by atoms with Gasteiger partial charge in [-0.3, -0.25) is 37.3 Å². The number of hydrogen-bond donors (Lipinski definition) is 3. The second-order valence-corrected chi connectivity index (χ2v) is 29.7. The quantitative estimate of drug-likeness (QED) is 0.0169. The van der Waals surface area contributed by atoms with Crippen molar-refractivity contribution in [2.45, 2.75) is 387 Å². The summed E-state index contributed by atoms with van der Waals surface area (Å²) in [5.41, 5.74) is 0. The van der Waals surface area contributed by atoms with E-state index in [1.165, 1.54) is 167 Å². The molecular formula is C75H142O17P2. The van der Waals surface area contributed by atoms with Gasteiger partial charge in [0.15, 0.2) is 12.2 Å². The van der Waals surface area contributed by atoms with Crippen LogP contribution in [-0.2, 0) is 65.4 Å². The van der Waals surface area contributed by atoms with Crippen molar-refractivity contribution in [2.75, 3.05) is 39.6 Å². The summed E-state index contributed by atoms with van der Waals surface area (Å²) in [5.74, 6) is -1.34. The van der Waals surface area contributed by atoms with Crippen molar-refractivity contribution < 1.29 is 80.2 Å². The fourth-order valence-electron chi connectivity index (χ4n) is 11.0. The van der Waals surface area contributed by atoms with Crippen LogP contribution in [0.5, 0.6) is 0 Å². The number of unbranched alkanes of at least 4 members (excludes halogenated alkanes) is 42. The van der Waals surface area contributed by atoms with Gasteiger partial charge in [-0.1, -0.05) is 316 Å². The highest BCUT2D eigenvalue weighted by Gasteiger charge is 2.30. The Morgan fingerprint density at radius 3 is 0.872 bits per heavy atom. The van der Waals surface area contributed by atoms with Crippen molar-refractivity contribution in [3.8, 4) is 0 Å². The Kier molecular flexibility index (Phi) is 65.9. The number of aliphatic hydroxyl groups is 1. The zero-order valence-corrected chi connectivity index (χ0v) is 62.4. The van der Waals surface area contributed by atoms with Crippen molar-refractivity contribution in [3.63, 3.8) is 0 Å². The number of rotatable bonds is 73. The number of aliphatic hydroxyl groups excluding tert-OH is 1. The summed E-state index contributed by atoms with van der Waals surface area (Å²) >= 11 is 0. The molecule has 554 valence electrons. The van der Waals surface area contributed by atoms with Crippen molar-refractivity contribution in [3.05, 3.63) is 24.3 Å². The van der Waals surface area contributed by atoms with Crippen LogP contribution in [0.15, 0.2) is 24.3 Å². The Labute approximate surface area is 573 Å². The van der Waals surface area contributed by atoms with E-state index < -0.39 is 97.5 Å². The molecule has 0 heterocycles. The molecule has 0 saturated carbocycles. The summed E-state index contributed by atoms with van der Waals surface area (Å²) in [7, 11) is -9.91. The van der Waals surface area contributed by atoms with Crippen LogP contribution in [0, 0.1) is 5.92 Å². The van der Waals surface area contributed by atoms with E-state index in [1.54, 1.807) is 0 Å². The van der Waals surface area contributed by atoms with Crippen LogP contribution in [0.3, 0.4) is 0 Å². The molecule has 19 heteroatoms. The van der Waals surface area contributed by atoms with Crippen LogP contribution >= 0.6 is 15.6 Å². The first-order chi connectivity index (χ1) is 45.5. The molecule has 0 aromatic heterocycles. The number of hydrogen-bond acceptors (Lipinski definition) is 15. The Morgan fingerprint density at radius 2 is 0.574 bits per heavy atom. The SMILES string of the molecule is CCCCCC/C=C\C=C/CCCCCCCC(=O)OC[C@H](COP(=O)(O)OC[C@@H](O)COP(=O)(O)OC[C@@H](COC(=O)CCCCCCC)OC(=O)CCCCCCCCCCCCCCC)OC(=O)CCCCCCCCCCCCCCCCCCCCC(C)C. The minimum atomic E-state index is -4.96. The third-order valence-electron chi connectivity index (χ3n) is 16.9. The van der Waals surface area contributed by atoms with Crippen molar-refractivity contribution in [2.24, 2.45) is 5.92 Å². The highest BCUT2D eigenvalue weighted by molar-refractivity contribution is 7.47. The molecule has 0 radical (unpaired) electrons. The molecule has 0 aromatic rings. The highest BCUT2D eigenvalue weighted by atomic mass is 31.2. The number of carbonyl (C=O) groups is 4. The lowest BCUT2D eigenvalue weighted by Crippen LogP contribution is -2.30. The third kappa shape index (κ3) is 68.1. The zero-order valence-electron chi connectivity index (χ0n) is 60.6. The third-order valence-corrected chi connectivity index (χ3v) is 18.8. The van der Waals surface area contributed by atoms with Crippen LogP contribution in [-0.4, -0.2) is 96.7 Å². The molecule has 0 rings (SSSR count). The van der Waals surface area contributed by atoms with E-state index in [1.807, 2.05) is 0 Å². The van der Waals surface area contributed by atoms with E-state index in [0.717, 1.165) is 121 Å². The van der Waals surface area contributed by atoms with Crippen LogP contribution in [0.1, 0.15) is 369 Å². The Hall–Kier alpha value is -2.46. The van der Waals surface area contributed by atoms with Crippen molar-refractivity contribution >= 4 is 39.5 Å². The van der Waals surface area contributed by atoms with Gasteiger partial charge in [0.1, 0.15) is 19.3 Å².